The van der Waals surface area contributed by atoms with E-state index >= 15 is 0 Å². The van der Waals surface area contributed by atoms with Crippen LogP contribution in [0.4, 0.5) is 0 Å². The molecule has 2 aliphatic carbocycles. The fourth-order valence-electron chi connectivity index (χ4n) is 5.89. The van der Waals surface area contributed by atoms with Crippen LogP contribution in [-0.2, 0) is 6.54 Å². The van der Waals surface area contributed by atoms with Crippen LogP contribution in [0, 0.1) is 31.6 Å². The molecule has 2 saturated carbocycles. The van der Waals surface area contributed by atoms with Crippen LogP contribution in [0.3, 0.4) is 0 Å². The molecule has 1 heterocycles. The van der Waals surface area contributed by atoms with Crippen molar-refractivity contribution in [1.29, 1.82) is 0 Å². The average Bonchev–Trinajstić information content (AvgIpc) is 2.91. The summed E-state index contributed by atoms with van der Waals surface area (Å²) in [7, 11) is 0. The summed E-state index contributed by atoms with van der Waals surface area (Å²) in [5, 5.41) is 8.06. The highest BCUT2D eigenvalue weighted by Crippen LogP contribution is 2.47. The monoisotopic (exact) mass is 352 g/mol. The summed E-state index contributed by atoms with van der Waals surface area (Å²) in [5.41, 5.74) is 5.02. The predicted octanol–water partition coefficient (Wildman–Crippen LogP) is 5.65. The van der Waals surface area contributed by atoms with Gasteiger partial charge in [-0.15, -0.1) is 0 Å². The summed E-state index contributed by atoms with van der Waals surface area (Å²) in [6, 6.07) is 8.91. The van der Waals surface area contributed by atoms with Gasteiger partial charge in [0.15, 0.2) is 0 Å². The van der Waals surface area contributed by atoms with E-state index < -0.39 is 0 Å². The lowest BCUT2D eigenvalue weighted by Crippen LogP contribution is -2.54. The van der Waals surface area contributed by atoms with Gasteiger partial charge in [-0.3, -0.25) is 0 Å². The van der Waals surface area contributed by atoms with Crippen molar-refractivity contribution in [2.75, 3.05) is 0 Å². The lowest BCUT2D eigenvalue weighted by molar-refractivity contribution is 0.0542. The Bertz CT molecular complexity index is 722. The van der Waals surface area contributed by atoms with E-state index in [2.05, 4.69) is 48.6 Å². The van der Waals surface area contributed by atoms with Crippen LogP contribution in [0.5, 0.6) is 0 Å². The molecule has 26 heavy (non-hydrogen) atoms. The second-order valence-electron chi connectivity index (χ2n) is 9.19. The van der Waals surface area contributed by atoms with E-state index in [0.29, 0.717) is 5.54 Å². The third kappa shape index (κ3) is 3.46. The molecule has 2 unspecified atom stereocenters. The first-order valence-electron chi connectivity index (χ1n) is 10.2. The number of aryl methyl sites for hydroxylation is 2. The van der Waals surface area contributed by atoms with Gasteiger partial charge in [0.05, 0.1) is 5.69 Å². The molecule has 3 heteroatoms. The van der Waals surface area contributed by atoms with Gasteiger partial charge in [-0.1, -0.05) is 43.3 Å². The van der Waals surface area contributed by atoms with Gasteiger partial charge >= 0.3 is 0 Å². The zero-order valence-electron chi connectivity index (χ0n) is 16.6. The molecule has 2 bridgehead atoms. The zero-order chi connectivity index (χ0) is 18.3. The van der Waals surface area contributed by atoms with Gasteiger partial charge in [0.2, 0.25) is 0 Å². The van der Waals surface area contributed by atoms with Crippen LogP contribution in [0.15, 0.2) is 28.8 Å². The Morgan fingerprint density at radius 3 is 2.27 bits per heavy atom. The third-order valence-corrected chi connectivity index (χ3v) is 6.57. The SMILES string of the molecule is Cc1noc(C)c1-c1ccc(CNC23CC(C)CC(CC(C)C2)C3)cc1. The molecular formula is C23H32N2O. The van der Waals surface area contributed by atoms with Crippen molar-refractivity contribution in [3.63, 3.8) is 0 Å². The van der Waals surface area contributed by atoms with E-state index in [1.807, 2.05) is 13.8 Å². The number of benzene rings is 1. The zero-order valence-corrected chi connectivity index (χ0v) is 16.6. The molecule has 140 valence electrons. The van der Waals surface area contributed by atoms with Crippen molar-refractivity contribution < 1.29 is 4.52 Å². The molecule has 0 amide bonds. The van der Waals surface area contributed by atoms with Gasteiger partial charge in [0.1, 0.15) is 5.76 Å². The molecule has 2 atom stereocenters. The van der Waals surface area contributed by atoms with Crippen molar-refractivity contribution >= 4 is 0 Å². The summed E-state index contributed by atoms with van der Waals surface area (Å²) in [6.45, 7) is 9.84. The topological polar surface area (TPSA) is 38.1 Å². The molecule has 4 rings (SSSR count). The van der Waals surface area contributed by atoms with Crippen LogP contribution in [0.2, 0.25) is 0 Å². The summed E-state index contributed by atoms with van der Waals surface area (Å²) in [6.07, 6.45) is 6.91. The molecule has 2 aliphatic rings. The molecule has 0 spiro atoms. The van der Waals surface area contributed by atoms with Crippen LogP contribution >= 0.6 is 0 Å². The fraction of sp³-hybridized carbons (Fsp3) is 0.609. The number of fused-ring (bicyclic) bond motifs is 2. The molecule has 0 saturated heterocycles. The van der Waals surface area contributed by atoms with Gasteiger partial charge < -0.3 is 9.84 Å². The predicted molar refractivity (Wildman–Crippen MR) is 106 cm³/mol. The number of hydrogen-bond donors (Lipinski definition) is 1. The first-order valence-corrected chi connectivity index (χ1v) is 10.2. The highest BCUT2D eigenvalue weighted by molar-refractivity contribution is 5.67. The summed E-state index contributed by atoms with van der Waals surface area (Å²) < 4.78 is 5.31. The van der Waals surface area contributed by atoms with Crippen LogP contribution in [-0.4, -0.2) is 10.7 Å². The highest BCUT2D eigenvalue weighted by Gasteiger charge is 2.43. The summed E-state index contributed by atoms with van der Waals surface area (Å²) in [5.74, 6) is 3.54. The van der Waals surface area contributed by atoms with Crippen LogP contribution in [0.25, 0.3) is 11.1 Å². The molecule has 2 fully saturated rings. The standard InChI is InChI=1S/C23H32N2O/c1-15-9-20-10-16(2)12-23(11-15,13-20)24-14-19-5-7-21(8-6-19)22-17(3)25-26-18(22)4/h5-8,15-16,20,24H,9-14H2,1-4H3. The lowest BCUT2D eigenvalue weighted by atomic mass is 9.61. The molecule has 0 radical (unpaired) electrons. The third-order valence-electron chi connectivity index (χ3n) is 6.57. The van der Waals surface area contributed by atoms with E-state index in [1.54, 1.807) is 0 Å². The molecule has 0 aliphatic heterocycles. The highest BCUT2D eigenvalue weighted by atomic mass is 16.5. The smallest absolute Gasteiger partial charge is 0.141 e. The first-order chi connectivity index (χ1) is 12.4. The Labute approximate surface area is 157 Å². The maximum absolute atomic E-state index is 5.31. The molecular weight excluding hydrogens is 320 g/mol. The normalized spacial score (nSPS) is 31.2. The minimum absolute atomic E-state index is 0.361. The maximum atomic E-state index is 5.31. The Kier molecular flexibility index (Phi) is 4.68. The van der Waals surface area contributed by atoms with Gasteiger partial charge in [0.25, 0.3) is 0 Å². The fourth-order valence-corrected chi connectivity index (χ4v) is 5.89. The Hall–Kier alpha value is -1.61. The van der Waals surface area contributed by atoms with E-state index in [-0.39, 0.29) is 0 Å². The molecule has 3 nitrogen and oxygen atoms in total. The second-order valence-corrected chi connectivity index (χ2v) is 9.19. The molecule has 1 aromatic carbocycles. The number of nitrogens with one attached hydrogen (secondary N) is 1. The molecule has 1 aromatic heterocycles. The van der Waals surface area contributed by atoms with Gasteiger partial charge in [0, 0.05) is 17.6 Å². The van der Waals surface area contributed by atoms with Gasteiger partial charge in [-0.2, -0.15) is 0 Å². The van der Waals surface area contributed by atoms with Crippen molar-refractivity contribution in [2.45, 2.75) is 71.9 Å². The quantitative estimate of drug-likeness (QED) is 0.772. The largest absolute Gasteiger partial charge is 0.361 e. The second kappa shape index (κ2) is 6.84. The number of aromatic nitrogens is 1. The molecule has 1 N–H and O–H groups in total. The summed E-state index contributed by atoms with van der Waals surface area (Å²) >= 11 is 0. The van der Waals surface area contributed by atoms with E-state index in [4.69, 9.17) is 4.52 Å². The lowest BCUT2D eigenvalue weighted by Gasteiger charge is -2.50. The van der Waals surface area contributed by atoms with Crippen molar-refractivity contribution in [3.05, 3.63) is 41.3 Å². The average molecular weight is 353 g/mol. The Morgan fingerprint density at radius 2 is 1.69 bits per heavy atom. The van der Waals surface area contributed by atoms with E-state index in [0.717, 1.165) is 41.3 Å². The van der Waals surface area contributed by atoms with Crippen molar-refractivity contribution in [2.24, 2.45) is 17.8 Å². The minimum atomic E-state index is 0.361. The van der Waals surface area contributed by atoms with Crippen molar-refractivity contribution in [1.82, 2.24) is 10.5 Å². The first kappa shape index (κ1) is 17.8. The van der Waals surface area contributed by atoms with Crippen LogP contribution < -0.4 is 5.32 Å². The number of nitrogens with zero attached hydrogens (tertiary/aromatic N) is 1. The van der Waals surface area contributed by atoms with Gasteiger partial charge in [-0.05, 0) is 74.8 Å². The number of hydrogen-bond acceptors (Lipinski definition) is 3. The maximum Gasteiger partial charge on any atom is 0.141 e. The van der Waals surface area contributed by atoms with E-state index in [1.165, 1.54) is 43.2 Å². The van der Waals surface area contributed by atoms with Gasteiger partial charge in [-0.25, -0.2) is 0 Å². The number of rotatable bonds is 4. The Balaban J connectivity index is 1.46. The van der Waals surface area contributed by atoms with Crippen LogP contribution in [0.1, 0.15) is 63.0 Å². The Morgan fingerprint density at radius 1 is 1.04 bits per heavy atom. The minimum Gasteiger partial charge on any atom is -0.361 e. The summed E-state index contributed by atoms with van der Waals surface area (Å²) in [4.78, 5) is 0. The van der Waals surface area contributed by atoms with Crippen molar-refractivity contribution in [3.8, 4) is 11.1 Å². The molecule has 2 aromatic rings. The van der Waals surface area contributed by atoms with E-state index in [9.17, 15) is 0 Å².